The van der Waals surface area contributed by atoms with Gasteiger partial charge in [0.2, 0.25) is 0 Å². The highest BCUT2D eigenvalue weighted by Crippen LogP contribution is 2.34. The average Bonchev–Trinajstić information content (AvgIpc) is 3.48. The number of aromatic nitrogens is 1. The van der Waals surface area contributed by atoms with Crippen molar-refractivity contribution in [2.75, 3.05) is 32.0 Å². The summed E-state index contributed by atoms with van der Waals surface area (Å²) in [6.07, 6.45) is 4.54. The molecule has 6 nitrogen and oxygen atoms in total. The molecule has 1 aromatic heterocycles. The summed E-state index contributed by atoms with van der Waals surface area (Å²) in [6, 6.07) is 19.6. The highest BCUT2D eigenvalue weighted by Gasteiger charge is 2.36. The lowest BCUT2D eigenvalue weighted by molar-refractivity contribution is -0.120. The second kappa shape index (κ2) is 11.3. The van der Waals surface area contributed by atoms with Crippen molar-refractivity contribution in [2.24, 2.45) is 0 Å². The highest BCUT2D eigenvalue weighted by atomic mass is 32.1. The molecule has 2 aliphatic heterocycles. The van der Waals surface area contributed by atoms with Crippen molar-refractivity contribution in [3.8, 4) is 11.1 Å². The molecule has 3 heterocycles. The van der Waals surface area contributed by atoms with E-state index in [2.05, 4.69) is 52.6 Å². The number of piperidine rings is 1. The standard InChI is InChI=1S/C32H31FN4O2S/c1-36-15-11-23(12-16-36)21-5-7-22(8-6-21)25-10-9-24-13-17-37(31(39)28(24)20-25)29(26-3-2-4-27(33)19-26)30(38)35-32-34-14-18-40-32/h2-10,14,18-20,23,29H,11-13,15-17H2,1H3,(H,34,35,38). The second-order valence-corrected chi connectivity index (χ2v) is 11.5. The van der Waals surface area contributed by atoms with Gasteiger partial charge in [-0.1, -0.05) is 48.5 Å². The Morgan fingerprint density at radius 2 is 1.80 bits per heavy atom. The first-order chi connectivity index (χ1) is 19.5. The first-order valence-electron chi connectivity index (χ1n) is 13.6. The van der Waals surface area contributed by atoms with Crippen LogP contribution in [0.4, 0.5) is 9.52 Å². The molecule has 1 fully saturated rings. The van der Waals surface area contributed by atoms with Crippen LogP contribution in [0.2, 0.25) is 0 Å². The molecule has 2 aliphatic rings. The van der Waals surface area contributed by atoms with E-state index >= 15 is 0 Å². The second-order valence-electron chi connectivity index (χ2n) is 10.6. The fraction of sp³-hybridized carbons (Fsp3) is 0.281. The van der Waals surface area contributed by atoms with Crippen LogP contribution in [-0.2, 0) is 11.2 Å². The van der Waals surface area contributed by atoms with E-state index in [0.29, 0.717) is 35.1 Å². The van der Waals surface area contributed by atoms with E-state index in [-0.39, 0.29) is 5.91 Å². The first kappa shape index (κ1) is 26.3. The molecule has 4 aromatic rings. The molecule has 0 saturated carbocycles. The van der Waals surface area contributed by atoms with Gasteiger partial charge >= 0.3 is 0 Å². The Morgan fingerprint density at radius 3 is 2.52 bits per heavy atom. The molecular formula is C32H31FN4O2S. The Morgan fingerprint density at radius 1 is 1.02 bits per heavy atom. The third-order valence-corrected chi connectivity index (χ3v) is 8.73. The number of nitrogens with zero attached hydrogens (tertiary/aromatic N) is 3. The predicted molar refractivity (Wildman–Crippen MR) is 156 cm³/mol. The lowest BCUT2D eigenvalue weighted by atomic mass is 9.88. The van der Waals surface area contributed by atoms with Crippen LogP contribution in [0.3, 0.4) is 0 Å². The number of carbonyl (C=O) groups excluding carboxylic acids is 2. The summed E-state index contributed by atoms with van der Waals surface area (Å²) in [5, 5.41) is 5.00. The maximum absolute atomic E-state index is 14.2. The molecular weight excluding hydrogens is 523 g/mol. The van der Waals surface area contributed by atoms with Gasteiger partial charge in [0.25, 0.3) is 11.8 Å². The summed E-state index contributed by atoms with van der Waals surface area (Å²) in [6.45, 7) is 2.59. The number of fused-ring (bicyclic) bond motifs is 1. The summed E-state index contributed by atoms with van der Waals surface area (Å²) in [4.78, 5) is 35.5. The Balaban J connectivity index is 1.28. The minimum absolute atomic E-state index is 0.241. The maximum atomic E-state index is 14.2. The summed E-state index contributed by atoms with van der Waals surface area (Å²) >= 11 is 1.29. The summed E-state index contributed by atoms with van der Waals surface area (Å²) in [5.41, 5.74) is 5.32. The fourth-order valence-electron chi connectivity index (χ4n) is 5.81. The molecule has 6 rings (SSSR count). The monoisotopic (exact) mass is 554 g/mol. The number of anilines is 1. The molecule has 1 N–H and O–H groups in total. The fourth-order valence-corrected chi connectivity index (χ4v) is 6.35. The van der Waals surface area contributed by atoms with E-state index < -0.39 is 17.8 Å². The highest BCUT2D eigenvalue weighted by molar-refractivity contribution is 7.13. The Labute approximate surface area is 237 Å². The van der Waals surface area contributed by atoms with Gasteiger partial charge in [-0.25, -0.2) is 9.37 Å². The molecule has 1 atom stereocenters. The quantitative estimate of drug-likeness (QED) is 0.311. The number of rotatable bonds is 6. The van der Waals surface area contributed by atoms with Crippen LogP contribution >= 0.6 is 11.3 Å². The summed E-state index contributed by atoms with van der Waals surface area (Å²) in [7, 11) is 2.17. The number of thiazole rings is 1. The van der Waals surface area contributed by atoms with Crippen molar-refractivity contribution >= 4 is 28.3 Å². The van der Waals surface area contributed by atoms with Crippen molar-refractivity contribution in [3.05, 3.63) is 106 Å². The van der Waals surface area contributed by atoms with E-state index in [4.69, 9.17) is 0 Å². The lowest BCUT2D eigenvalue weighted by Crippen LogP contribution is -2.45. The number of hydrogen-bond acceptors (Lipinski definition) is 5. The van der Waals surface area contributed by atoms with Gasteiger partial charge < -0.3 is 9.80 Å². The molecule has 0 radical (unpaired) electrons. The maximum Gasteiger partial charge on any atom is 0.255 e. The molecule has 0 spiro atoms. The normalized spacial score (nSPS) is 16.9. The van der Waals surface area contributed by atoms with E-state index in [0.717, 1.165) is 29.8 Å². The molecule has 1 saturated heterocycles. The zero-order valence-corrected chi connectivity index (χ0v) is 23.2. The minimum Gasteiger partial charge on any atom is -0.322 e. The van der Waals surface area contributed by atoms with Crippen LogP contribution in [0.25, 0.3) is 11.1 Å². The lowest BCUT2D eigenvalue weighted by Gasteiger charge is -2.35. The van der Waals surface area contributed by atoms with Gasteiger partial charge in [-0.15, -0.1) is 11.3 Å². The third kappa shape index (κ3) is 5.42. The number of halogens is 1. The van der Waals surface area contributed by atoms with E-state index in [1.165, 1.54) is 41.9 Å². The number of hydrogen-bond donors (Lipinski definition) is 1. The van der Waals surface area contributed by atoms with Gasteiger partial charge in [-0.2, -0.15) is 0 Å². The molecule has 2 amide bonds. The van der Waals surface area contributed by atoms with Gasteiger partial charge in [0.1, 0.15) is 11.9 Å². The Kier molecular flexibility index (Phi) is 7.45. The van der Waals surface area contributed by atoms with Crippen molar-refractivity contribution in [2.45, 2.75) is 31.2 Å². The largest absolute Gasteiger partial charge is 0.322 e. The van der Waals surface area contributed by atoms with E-state index in [1.54, 1.807) is 28.6 Å². The van der Waals surface area contributed by atoms with Gasteiger partial charge in [-0.05, 0) is 91.3 Å². The average molecular weight is 555 g/mol. The molecule has 40 heavy (non-hydrogen) atoms. The molecule has 3 aromatic carbocycles. The van der Waals surface area contributed by atoms with Crippen LogP contribution in [0.1, 0.15) is 51.8 Å². The van der Waals surface area contributed by atoms with Crippen molar-refractivity contribution < 1.29 is 14.0 Å². The number of likely N-dealkylation sites (tertiary alicyclic amines) is 1. The SMILES string of the molecule is CN1CCC(c2ccc(-c3ccc4c(c3)C(=O)N(C(C(=O)Nc3nccs3)c3cccc(F)c3)CC4)cc2)CC1. The number of carbonyl (C=O) groups is 2. The van der Waals surface area contributed by atoms with Crippen molar-refractivity contribution in [1.29, 1.82) is 0 Å². The van der Waals surface area contributed by atoms with Gasteiger partial charge in [0.05, 0.1) is 0 Å². The smallest absolute Gasteiger partial charge is 0.255 e. The third-order valence-electron chi connectivity index (χ3n) is 8.04. The molecule has 0 aliphatic carbocycles. The number of benzene rings is 3. The summed E-state index contributed by atoms with van der Waals surface area (Å²) in [5.74, 6) is -0.535. The van der Waals surface area contributed by atoms with Gasteiger partial charge in [0, 0.05) is 23.7 Å². The van der Waals surface area contributed by atoms with Gasteiger partial charge in [0.15, 0.2) is 5.13 Å². The minimum atomic E-state index is -0.988. The van der Waals surface area contributed by atoms with Crippen molar-refractivity contribution in [3.63, 3.8) is 0 Å². The van der Waals surface area contributed by atoms with E-state index in [9.17, 15) is 14.0 Å². The number of nitrogens with one attached hydrogen (secondary N) is 1. The molecule has 8 heteroatoms. The number of amides is 2. The zero-order valence-electron chi connectivity index (χ0n) is 22.3. The van der Waals surface area contributed by atoms with Crippen LogP contribution in [-0.4, -0.2) is 53.3 Å². The first-order valence-corrected chi connectivity index (χ1v) is 14.5. The Hall–Kier alpha value is -3.88. The zero-order chi connectivity index (χ0) is 27.6. The van der Waals surface area contributed by atoms with E-state index in [1.807, 2.05) is 12.1 Å². The van der Waals surface area contributed by atoms with Crippen LogP contribution in [0, 0.1) is 5.82 Å². The van der Waals surface area contributed by atoms with Crippen molar-refractivity contribution in [1.82, 2.24) is 14.8 Å². The molecule has 1 unspecified atom stereocenters. The topological polar surface area (TPSA) is 65.5 Å². The van der Waals surface area contributed by atoms with Crippen LogP contribution in [0.15, 0.2) is 78.3 Å². The molecule has 204 valence electrons. The van der Waals surface area contributed by atoms with Crippen LogP contribution in [0.5, 0.6) is 0 Å². The Bertz CT molecular complexity index is 1510. The summed E-state index contributed by atoms with van der Waals surface area (Å²) < 4.78 is 14.2. The predicted octanol–water partition coefficient (Wildman–Crippen LogP) is 6.14. The van der Waals surface area contributed by atoms with Crippen LogP contribution < -0.4 is 5.32 Å². The van der Waals surface area contributed by atoms with Gasteiger partial charge in [-0.3, -0.25) is 14.9 Å². The molecule has 0 bridgehead atoms.